The summed E-state index contributed by atoms with van der Waals surface area (Å²) in [5.41, 5.74) is 3.48. The fourth-order valence-corrected chi connectivity index (χ4v) is 3.08. The molecule has 0 spiro atoms. The van der Waals surface area contributed by atoms with Crippen molar-refractivity contribution in [2.24, 2.45) is 0 Å². The Morgan fingerprint density at radius 1 is 0.783 bits per heavy atom. The molecule has 0 unspecified atom stereocenters. The van der Waals surface area contributed by atoms with E-state index >= 15 is 0 Å². The van der Waals surface area contributed by atoms with Gasteiger partial charge in [-0.05, 0) is 11.1 Å². The van der Waals surface area contributed by atoms with Crippen molar-refractivity contribution in [3.8, 4) is 21.7 Å². The van der Waals surface area contributed by atoms with Crippen LogP contribution in [-0.2, 0) is 0 Å². The molecule has 0 aliphatic heterocycles. The number of halogens is 1. The Kier molecular flexibility index (Phi) is 5.71. The molecule has 0 saturated heterocycles. The van der Waals surface area contributed by atoms with E-state index in [9.17, 15) is 0 Å². The second-order valence-electron chi connectivity index (χ2n) is 5.17. The summed E-state index contributed by atoms with van der Waals surface area (Å²) in [4.78, 5) is 0. The number of anilines is 1. The predicted octanol–water partition coefficient (Wildman–Crippen LogP) is 4.21. The number of benzene rings is 2. The molecule has 0 saturated carbocycles. The summed E-state index contributed by atoms with van der Waals surface area (Å²) < 4.78 is 0. The number of rotatable bonds is 4. The number of aromatic nitrogens is 2. The van der Waals surface area contributed by atoms with Gasteiger partial charge in [-0.1, -0.05) is 65.9 Å². The molecule has 120 valence electrons. The highest BCUT2D eigenvalue weighted by Crippen LogP contribution is 2.35. The number of nitrogens with zero attached hydrogens (tertiary/aromatic N) is 4. The summed E-state index contributed by atoms with van der Waals surface area (Å²) in [6, 6.07) is 18.7. The Balaban J connectivity index is 0.00000192. The largest absolute Gasteiger partial charge is 0.283 e. The van der Waals surface area contributed by atoms with Crippen molar-refractivity contribution >= 4 is 28.9 Å². The molecule has 23 heavy (non-hydrogen) atoms. The number of hydrazine groups is 1. The van der Waals surface area contributed by atoms with Gasteiger partial charge in [-0.15, -0.1) is 22.6 Å². The first-order chi connectivity index (χ1) is 10.7. The molecule has 0 amide bonds. The Morgan fingerprint density at radius 3 is 2.04 bits per heavy atom. The monoisotopic (exact) mass is 346 g/mol. The lowest BCUT2D eigenvalue weighted by Crippen LogP contribution is -2.32. The Hall–Kier alpha value is -1.95. The Bertz CT molecular complexity index is 758. The van der Waals surface area contributed by atoms with E-state index in [2.05, 4.69) is 52.7 Å². The van der Waals surface area contributed by atoms with Gasteiger partial charge >= 0.3 is 0 Å². The zero-order valence-corrected chi connectivity index (χ0v) is 14.9. The predicted molar refractivity (Wildman–Crippen MR) is 100 cm³/mol. The molecule has 6 heteroatoms. The second-order valence-corrected chi connectivity index (χ2v) is 6.13. The van der Waals surface area contributed by atoms with E-state index in [4.69, 9.17) is 0 Å². The zero-order valence-electron chi connectivity index (χ0n) is 13.3. The van der Waals surface area contributed by atoms with Crippen LogP contribution in [0.1, 0.15) is 0 Å². The number of hydrogen-bond donors (Lipinski definition) is 0. The zero-order chi connectivity index (χ0) is 15.5. The molecule has 0 fully saturated rings. The van der Waals surface area contributed by atoms with Crippen LogP contribution in [0.3, 0.4) is 0 Å². The molecule has 0 atom stereocenters. The fourth-order valence-electron chi connectivity index (χ4n) is 2.17. The van der Waals surface area contributed by atoms with Gasteiger partial charge in [0, 0.05) is 26.7 Å². The van der Waals surface area contributed by atoms with Gasteiger partial charge in [0.2, 0.25) is 5.13 Å². The molecule has 0 aliphatic rings. The first-order valence-corrected chi connectivity index (χ1v) is 7.88. The van der Waals surface area contributed by atoms with E-state index < -0.39 is 0 Å². The molecular formula is C17H19ClN4S. The van der Waals surface area contributed by atoms with Crippen LogP contribution in [0.25, 0.3) is 21.7 Å². The SMILES string of the molecule is CN(C)N(C)c1nnc(-c2ccccc2-c2ccccc2)s1.Cl. The molecule has 0 bridgehead atoms. The fraction of sp³-hybridized carbons (Fsp3) is 0.176. The highest BCUT2D eigenvalue weighted by Gasteiger charge is 2.14. The average Bonchev–Trinajstić information content (AvgIpc) is 3.04. The van der Waals surface area contributed by atoms with Gasteiger partial charge in [0.05, 0.1) is 0 Å². The molecule has 2 aromatic carbocycles. The van der Waals surface area contributed by atoms with E-state index in [1.54, 1.807) is 11.3 Å². The van der Waals surface area contributed by atoms with Gasteiger partial charge in [0.1, 0.15) is 5.01 Å². The van der Waals surface area contributed by atoms with Gasteiger partial charge in [-0.3, -0.25) is 5.01 Å². The van der Waals surface area contributed by atoms with Crippen molar-refractivity contribution in [2.45, 2.75) is 0 Å². The lowest BCUT2D eigenvalue weighted by molar-refractivity contribution is 0.396. The van der Waals surface area contributed by atoms with Crippen molar-refractivity contribution < 1.29 is 0 Å². The Labute approximate surface area is 146 Å². The van der Waals surface area contributed by atoms with Gasteiger partial charge in [-0.2, -0.15) is 0 Å². The summed E-state index contributed by atoms with van der Waals surface area (Å²) >= 11 is 1.59. The highest BCUT2D eigenvalue weighted by molar-refractivity contribution is 7.18. The number of hydrogen-bond acceptors (Lipinski definition) is 5. The van der Waals surface area contributed by atoms with Crippen molar-refractivity contribution in [3.63, 3.8) is 0 Å². The van der Waals surface area contributed by atoms with Crippen LogP contribution in [0.4, 0.5) is 5.13 Å². The van der Waals surface area contributed by atoms with E-state index in [0.29, 0.717) is 0 Å². The maximum absolute atomic E-state index is 4.38. The molecule has 4 nitrogen and oxygen atoms in total. The van der Waals surface area contributed by atoms with Crippen molar-refractivity contribution in [3.05, 3.63) is 54.6 Å². The summed E-state index contributed by atoms with van der Waals surface area (Å²) in [6.07, 6.45) is 0. The van der Waals surface area contributed by atoms with E-state index in [0.717, 1.165) is 15.7 Å². The van der Waals surface area contributed by atoms with Crippen molar-refractivity contribution in [2.75, 3.05) is 26.2 Å². The molecule has 0 aliphatic carbocycles. The van der Waals surface area contributed by atoms with Gasteiger partial charge in [0.15, 0.2) is 0 Å². The molecule has 0 N–H and O–H groups in total. The maximum Gasteiger partial charge on any atom is 0.222 e. The van der Waals surface area contributed by atoms with Gasteiger partial charge in [-0.25, -0.2) is 5.01 Å². The third-order valence-corrected chi connectivity index (χ3v) is 4.56. The van der Waals surface area contributed by atoms with Crippen LogP contribution in [0.2, 0.25) is 0 Å². The normalized spacial score (nSPS) is 10.4. The van der Waals surface area contributed by atoms with Crippen molar-refractivity contribution in [1.29, 1.82) is 0 Å². The topological polar surface area (TPSA) is 32.3 Å². The van der Waals surface area contributed by atoms with Crippen LogP contribution in [0.5, 0.6) is 0 Å². The summed E-state index contributed by atoms with van der Waals surface area (Å²) in [5, 5.41) is 14.4. The molecule has 1 aromatic heterocycles. The van der Waals surface area contributed by atoms with Crippen LogP contribution in [-0.4, -0.2) is 36.3 Å². The standard InChI is InChI=1S/C17H18N4S.ClH/c1-20(2)21(3)17-19-18-16(22-17)15-12-8-7-11-14(15)13-9-5-4-6-10-13;/h4-12H,1-3H3;1H. The maximum atomic E-state index is 4.38. The quantitative estimate of drug-likeness (QED) is 0.662. The molecule has 3 aromatic rings. The minimum Gasteiger partial charge on any atom is -0.283 e. The molecule has 1 heterocycles. The van der Waals surface area contributed by atoms with Crippen molar-refractivity contribution in [1.82, 2.24) is 15.2 Å². The summed E-state index contributed by atoms with van der Waals surface area (Å²) in [7, 11) is 5.95. The Morgan fingerprint density at radius 2 is 1.39 bits per heavy atom. The first-order valence-electron chi connectivity index (χ1n) is 7.06. The molecular weight excluding hydrogens is 328 g/mol. The second kappa shape index (κ2) is 7.55. The van der Waals surface area contributed by atoms with Crippen LogP contribution in [0.15, 0.2) is 54.6 Å². The first kappa shape index (κ1) is 17.4. The minimum atomic E-state index is 0. The third-order valence-electron chi connectivity index (χ3n) is 3.53. The van der Waals surface area contributed by atoms with Crippen LogP contribution in [0, 0.1) is 0 Å². The minimum absolute atomic E-state index is 0. The smallest absolute Gasteiger partial charge is 0.222 e. The van der Waals surface area contributed by atoms with Gasteiger partial charge in [0.25, 0.3) is 0 Å². The van der Waals surface area contributed by atoms with E-state index in [1.807, 2.05) is 43.3 Å². The molecule has 0 radical (unpaired) electrons. The summed E-state index contributed by atoms with van der Waals surface area (Å²) in [6.45, 7) is 0. The van der Waals surface area contributed by atoms with Crippen LogP contribution < -0.4 is 5.01 Å². The lowest BCUT2D eigenvalue weighted by Gasteiger charge is -2.22. The third kappa shape index (κ3) is 3.69. The highest BCUT2D eigenvalue weighted by atomic mass is 35.5. The van der Waals surface area contributed by atoms with Gasteiger partial charge < -0.3 is 0 Å². The average molecular weight is 347 g/mol. The van der Waals surface area contributed by atoms with Crippen LogP contribution >= 0.6 is 23.7 Å². The van der Waals surface area contributed by atoms with E-state index in [1.165, 1.54) is 11.1 Å². The van der Waals surface area contributed by atoms with E-state index in [-0.39, 0.29) is 12.4 Å². The molecule has 3 rings (SSSR count). The summed E-state index contributed by atoms with van der Waals surface area (Å²) in [5.74, 6) is 0. The lowest BCUT2D eigenvalue weighted by atomic mass is 10.0.